The molecule has 0 radical (unpaired) electrons. The Labute approximate surface area is 127 Å². The van der Waals surface area contributed by atoms with E-state index in [2.05, 4.69) is 36.2 Å². The maximum Gasteiger partial charge on any atom is 0.317 e. The van der Waals surface area contributed by atoms with Crippen molar-refractivity contribution in [2.24, 2.45) is 0 Å². The van der Waals surface area contributed by atoms with Gasteiger partial charge in [-0.25, -0.2) is 4.79 Å². The first-order chi connectivity index (χ1) is 10.1. The minimum absolute atomic E-state index is 0.0586. The number of carbonyl (C=O) groups is 1. The summed E-state index contributed by atoms with van der Waals surface area (Å²) in [6.45, 7) is 4.50. The van der Waals surface area contributed by atoms with E-state index in [1.54, 1.807) is 0 Å². The maximum absolute atomic E-state index is 12.1. The van der Waals surface area contributed by atoms with Gasteiger partial charge in [-0.2, -0.15) is 0 Å². The Morgan fingerprint density at radius 1 is 1.43 bits per heavy atom. The smallest absolute Gasteiger partial charge is 0.317 e. The van der Waals surface area contributed by atoms with Gasteiger partial charge in [0.05, 0.1) is 0 Å². The number of amides is 2. The van der Waals surface area contributed by atoms with Crippen molar-refractivity contribution in [3.05, 3.63) is 30.1 Å². The van der Waals surface area contributed by atoms with Gasteiger partial charge in [0.15, 0.2) is 0 Å². The number of rotatable bonds is 6. The fraction of sp³-hybridized carbons (Fsp3) is 0.625. The molecule has 5 nitrogen and oxygen atoms in total. The maximum atomic E-state index is 12.1. The summed E-state index contributed by atoms with van der Waals surface area (Å²) in [5.41, 5.74) is 1.27. The van der Waals surface area contributed by atoms with Crippen LogP contribution in [0.2, 0.25) is 0 Å². The van der Waals surface area contributed by atoms with Gasteiger partial charge in [0, 0.05) is 44.0 Å². The van der Waals surface area contributed by atoms with Crippen LogP contribution in [0.15, 0.2) is 24.5 Å². The lowest BCUT2D eigenvalue weighted by Gasteiger charge is -2.39. The zero-order valence-corrected chi connectivity index (χ0v) is 13.2. The van der Waals surface area contributed by atoms with Crippen LogP contribution in [0.25, 0.3) is 0 Å². The predicted octanol–water partition coefficient (Wildman–Crippen LogP) is 1.92. The van der Waals surface area contributed by atoms with Crippen LogP contribution < -0.4 is 5.32 Å². The SMILES string of the molecule is CCCC(CNC(=O)N1CC(c2ccncc2)C1)N(C)C. The van der Waals surface area contributed by atoms with E-state index in [0.717, 1.165) is 32.5 Å². The molecule has 21 heavy (non-hydrogen) atoms. The van der Waals surface area contributed by atoms with E-state index in [1.165, 1.54) is 5.56 Å². The molecule has 1 aliphatic rings. The van der Waals surface area contributed by atoms with Crippen LogP contribution in [0.5, 0.6) is 0 Å². The number of likely N-dealkylation sites (N-methyl/N-ethyl adjacent to an activating group) is 1. The molecule has 2 amide bonds. The van der Waals surface area contributed by atoms with Crippen molar-refractivity contribution < 1.29 is 4.79 Å². The van der Waals surface area contributed by atoms with E-state index < -0.39 is 0 Å². The zero-order chi connectivity index (χ0) is 15.2. The monoisotopic (exact) mass is 290 g/mol. The predicted molar refractivity (Wildman–Crippen MR) is 84.3 cm³/mol. The lowest BCUT2D eigenvalue weighted by molar-refractivity contribution is 0.147. The Bertz CT molecular complexity index is 443. The van der Waals surface area contributed by atoms with Gasteiger partial charge in [-0.05, 0) is 38.2 Å². The fourth-order valence-electron chi connectivity index (χ4n) is 2.68. The molecule has 0 aliphatic carbocycles. The van der Waals surface area contributed by atoms with Gasteiger partial charge in [-0.3, -0.25) is 4.98 Å². The molecule has 1 fully saturated rings. The molecule has 0 saturated carbocycles. The largest absolute Gasteiger partial charge is 0.336 e. The quantitative estimate of drug-likeness (QED) is 0.871. The van der Waals surface area contributed by atoms with Gasteiger partial charge in [0.25, 0.3) is 0 Å². The normalized spacial score (nSPS) is 16.7. The van der Waals surface area contributed by atoms with Crippen molar-refractivity contribution in [3.8, 4) is 0 Å². The average Bonchev–Trinajstić information content (AvgIpc) is 2.42. The van der Waals surface area contributed by atoms with Crippen molar-refractivity contribution in [2.45, 2.75) is 31.7 Å². The molecule has 5 heteroatoms. The molecule has 0 spiro atoms. The molecule has 1 atom stereocenters. The zero-order valence-electron chi connectivity index (χ0n) is 13.2. The summed E-state index contributed by atoms with van der Waals surface area (Å²) in [4.78, 5) is 20.2. The van der Waals surface area contributed by atoms with Crippen molar-refractivity contribution in [1.29, 1.82) is 0 Å². The van der Waals surface area contributed by atoms with Crippen LogP contribution in [0.1, 0.15) is 31.2 Å². The fourth-order valence-corrected chi connectivity index (χ4v) is 2.68. The highest BCUT2D eigenvalue weighted by atomic mass is 16.2. The highest BCUT2D eigenvalue weighted by Crippen LogP contribution is 2.26. The molecule has 116 valence electrons. The topological polar surface area (TPSA) is 48.5 Å². The summed E-state index contributed by atoms with van der Waals surface area (Å²) in [5.74, 6) is 0.457. The van der Waals surface area contributed by atoms with E-state index in [1.807, 2.05) is 29.4 Å². The highest BCUT2D eigenvalue weighted by Gasteiger charge is 2.31. The van der Waals surface area contributed by atoms with Crippen molar-refractivity contribution in [1.82, 2.24) is 20.1 Å². The minimum Gasteiger partial charge on any atom is -0.336 e. The molecule has 1 saturated heterocycles. The van der Waals surface area contributed by atoms with Crippen molar-refractivity contribution >= 4 is 6.03 Å². The first-order valence-electron chi connectivity index (χ1n) is 7.71. The first kappa shape index (κ1) is 15.8. The Hall–Kier alpha value is -1.62. The lowest BCUT2D eigenvalue weighted by Crippen LogP contribution is -2.54. The summed E-state index contributed by atoms with van der Waals surface area (Å²) in [5, 5.41) is 3.06. The van der Waals surface area contributed by atoms with Crippen molar-refractivity contribution in [2.75, 3.05) is 33.7 Å². The molecule has 1 aliphatic heterocycles. The molecular weight excluding hydrogens is 264 g/mol. The third-order valence-electron chi connectivity index (χ3n) is 4.19. The number of likely N-dealkylation sites (tertiary alicyclic amines) is 1. The standard InChI is InChI=1S/C16H26N4O/c1-4-5-15(19(2)3)10-18-16(21)20-11-14(12-20)13-6-8-17-9-7-13/h6-9,14-15H,4-5,10-12H2,1-3H3,(H,18,21). The Balaban J connectivity index is 1.74. The van der Waals surface area contributed by atoms with Gasteiger partial charge in [0.2, 0.25) is 0 Å². The number of aromatic nitrogens is 1. The van der Waals surface area contributed by atoms with Crippen LogP contribution in [0.4, 0.5) is 4.79 Å². The number of hydrogen-bond donors (Lipinski definition) is 1. The highest BCUT2D eigenvalue weighted by molar-refractivity contribution is 5.75. The van der Waals surface area contributed by atoms with Gasteiger partial charge >= 0.3 is 6.03 Å². The van der Waals surface area contributed by atoms with Crippen LogP contribution in [-0.2, 0) is 0 Å². The Morgan fingerprint density at radius 2 is 2.10 bits per heavy atom. The molecule has 1 N–H and O–H groups in total. The molecule has 1 aromatic heterocycles. The van der Waals surface area contributed by atoms with E-state index in [-0.39, 0.29) is 6.03 Å². The van der Waals surface area contributed by atoms with E-state index >= 15 is 0 Å². The summed E-state index contributed by atoms with van der Waals surface area (Å²) < 4.78 is 0. The second-order valence-electron chi connectivity index (χ2n) is 5.97. The third kappa shape index (κ3) is 4.17. The Morgan fingerprint density at radius 3 is 2.67 bits per heavy atom. The molecule has 1 unspecified atom stereocenters. The summed E-state index contributed by atoms with van der Waals surface area (Å²) in [7, 11) is 4.13. The summed E-state index contributed by atoms with van der Waals surface area (Å²) >= 11 is 0. The van der Waals surface area contributed by atoms with Crippen LogP contribution in [-0.4, -0.2) is 60.6 Å². The van der Waals surface area contributed by atoms with Crippen LogP contribution >= 0.6 is 0 Å². The Kier molecular flexibility index (Phi) is 5.56. The first-order valence-corrected chi connectivity index (χ1v) is 7.71. The number of pyridine rings is 1. The molecule has 0 bridgehead atoms. The van der Waals surface area contributed by atoms with E-state index in [0.29, 0.717) is 12.0 Å². The van der Waals surface area contributed by atoms with Crippen LogP contribution in [0.3, 0.4) is 0 Å². The second kappa shape index (κ2) is 7.41. The second-order valence-corrected chi connectivity index (χ2v) is 5.97. The molecule has 2 rings (SSSR count). The van der Waals surface area contributed by atoms with Crippen LogP contribution in [0, 0.1) is 0 Å². The summed E-state index contributed by atoms with van der Waals surface area (Å²) in [6, 6.07) is 4.53. The van der Waals surface area contributed by atoms with E-state index in [4.69, 9.17) is 0 Å². The lowest BCUT2D eigenvalue weighted by atomic mass is 9.93. The van der Waals surface area contributed by atoms with E-state index in [9.17, 15) is 4.79 Å². The molecular formula is C16H26N4O. The minimum atomic E-state index is 0.0586. The molecule has 2 heterocycles. The van der Waals surface area contributed by atoms with Gasteiger partial charge in [-0.1, -0.05) is 13.3 Å². The molecule has 0 aromatic carbocycles. The molecule has 1 aromatic rings. The van der Waals surface area contributed by atoms with Gasteiger partial charge in [-0.15, -0.1) is 0 Å². The van der Waals surface area contributed by atoms with Crippen molar-refractivity contribution in [3.63, 3.8) is 0 Å². The van der Waals surface area contributed by atoms with Gasteiger partial charge < -0.3 is 15.1 Å². The third-order valence-corrected chi connectivity index (χ3v) is 4.19. The number of carbonyl (C=O) groups excluding carboxylic acids is 1. The number of hydrogen-bond acceptors (Lipinski definition) is 3. The van der Waals surface area contributed by atoms with Gasteiger partial charge in [0.1, 0.15) is 0 Å². The summed E-state index contributed by atoms with van der Waals surface area (Å²) in [6.07, 6.45) is 5.86. The average molecular weight is 290 g/mol. The number of nitrogens with zero attached hydrogens (tertiary/aromatic N) is 3. The number of urea groups is 1. The number of nitrogens with one attached hydrogen (secondary N) is 1.